The summed E-state index contributed by atoms with van der Waals surface area (Å²) in [5.41, 5.74) is 5.71. The molecule has 2 rings (SSSR count). The fourth-order valence-corrected chi connectivity index (χ4v) is 3.81. The van der Waals surface area contributed by atoms with Gasteiger partial charge in [-0.15, -0.1) is 0 Å². The Morgan fingerprint density at radius 3 is 2.47 bits per heavy atom. The normalized spacial score (nSPS) is 12.7. The van der Waals surface area contributed by atoms with Gasteiger partial charge in [0.15, 0.2) is 0 Å². The number of aromatic nitrogens is 2. The van der Waals surface area contributed by atoms with E-state index in [0.29, 0.717) is 10.4 Å². The van der Waals surface area contributed by atoms with Gasteiger partial charge in [0.05, 0.1) is 24.4 Å². The van der Waals surface area contributed by atoms with Crippen LogP contribution in [-0.4, -0.2) is 29.8 Å². The summed E-state index contributed by atoms with van der Waals surface area (Å²) in [5.74, 6) is 1.17. The second-order valence-corrected chi connectivity index (χ2v) is 9.50. The van der Waals surface area contributed by atoms with Gasteiger partial charge in [-0.1, -0.05) is 53.3 Å². The van der Waals surface area contributed by atoms with Gasteiger partial charge in [0.2, 0.25) is 0 Å². The monoisotopic (exact) mass is 485 g/mol. The highest BCUT2D eigenvalue weighted by Gasteiger charge is 2.18. The Hall–Kier alpha value is -2.80. The Kier molecular flexibility index (Phi) is 10.2. The summed E-state index contributed by atoms with van der Waals surface area (Å²) in [6, 6.07) is 5.89. The minimum atomic E-state index is -0.237. The number of allylic oxidation sites excluding steroid dienone is 3. The number of hydrogen-bond donors (Lipinski definition) is 3. The van der Waals surface area contributed by atoms with Crippen LogP contribution in [0.4, 0.5) is 0 Å². The molecule has 1 aromatic heterocycles. The SMILES string of the molecule is CCCCNC(/C=C(\C)c1c(-c2ccc(OC(=O)C(C)C)c(C(C)C)c2)[nH][nH]c1=S)=C(/C)OC. The third-order valence-corrected chi connectivity index (χ3v) is 5.97. The van der Waals surface area contributed by atoms with E-state index in [1.165, 1.54) is 0 Å². The minimum absolute atomic E-state index is 0.179. The number of carbonyl (C=O) groups is 1. The van der Waals surface area contributed by atoms with E-state index in [4.69, 9.17) is 21.7 Å². The maximum atomic E-state index is 12.2. The zero-order valence-electron chi connectivity index (χ0n) is 21.7. The first-order valence-corrected chi connectivity index (χ1v) is 12.3. The summed E-state index contributed by atoms with van der Waals surface area (Å²) in [4.78, 5) is 12.2. The molecule has 7 heteroatoms. The average molecular weight is 486 g/mol. The minimum Gasteiger partial charge on any atom is -0.499 e. The number of rotatable bonds is 11. The predicted molar refractivity (Wildman–Crippen MR) is 142 cm³/mol. The van der Waals surface area contributed by atoms with Crippen LogP contribution in [0.2, 0.25) is 0 Å². The molecule has 0 aliphatic carbocycles. The molecule has 0 atom stereocenters. The van der Waals surface area contributed by atoms with Crippen molar-refractivity contribution in [1.82, 2.24) is 15.5 Å². The van der Waals surface area contributed by atoms with Crippen LogP contribution in [-0.2, 0) is 9.53 Å². The van der Waals surface area contributed by atoms with E-state index < -0.39 is 0 Å². The Morgan fingerprint density at radius 2 is 1.88 bits per heavy atom. The van der Waals surface area contributed by atoms with Crippen molar-refractivity contribution in [2.75, 3.05) is 13.7 Å². The number of aromatic amines is 2. The summed E-state index contributed by atoms with van der Waals surface area (Å²) >= 11 is 5.63. The van der Waals surface area contributed by atoms with E-state index >= 15 is 0 Å². The van der Waals surface area contributed by atoms with Crippen molar-refractivity contribution >= 4 is 23.8 Å². The Labute approximate surface area is 208 Å². The van der Waals surface area contributed by atoms with E-state index in [0.717, 1.165) is 58.8 Å². The lowest BCUT2D eigenvalue weighted by Gasteiger charge is -2.16. The molecule has 0 saturated carbocycles. The molecule has 0 fully saturated rings. The highest BCUT2D eigenvalue weighted by Crippen LogP contribution is 2.35. The third-order valence-electron chi connectivity index (χ3n) is 5.67. The first kappa shape index (κ1) is 27.4. The number of methoxy groups -OCH3 is 1. The molecule has 6 nitrogen and oxygen atoms in total. The van der Waals surface area contributed by atoms with Gasteiger partial charge < -0.3 is 14.8 Å². The van der Waals surface area contributed by atoms with Gasteiger partial charge in [-0.2, -0.15) is 0 Å². The van der Waals surface area contributed by atoms with Gasteiger partial charge in [-0.25, -0.2) is 0 Å². The van der Waals surface area contributed by atoms with Gasteiger partial charge in [-0.3, -0.25) is 15.0 Å². The Bertz CT molecular complexity index is 1110. The molecular weight excluding hydrogens is 446 g/mol. The van der Waals surface area contributed by atoms with Gasteiger partial charge in [0.25, 0.3) is 0 Å². The zero-order chi connectivity index (χ0) is 25.4. The average Bonchev–Trinajstić information content (AvgIpc) is 3.19. The van der Waals surface area contributed by atoms with E-state index in [2.05, 4.69) is 48.4 Å². The quantitative estimate of drug-likeness (QED) is 0.0790. The molecule has 0 aliphatic heterocycles. The number of carbonyl (C=O) groups excluding carboxylic acids is 1. The van der Waals surface area contributed by atoms with Crippen molar-refractivity contribution in [2.45, 2.75) is 67.2 Å². The molecule has 0 bridgehead atoms. The van der Waals surface area contributed by atoms with Crippen LogP contribution in [0.3, 0.4) is 0 Å². The van der Waals surface area contributed by atoms with Crippen molar-refractivity contribution in [3.63, 3.8) is 0 Å². The smallest absolute Gasteiger partial charge is 0.313 e. The molecule has 1 aromatic carbocycles. The number of benzene rings is 1. The van der Waals surface area contributed by atoms with Crippen LogP contribution in [0.1, 0.15) is 78.4 Å². The fraction of sp³-hybridized carbons (Fsp3) is 0.481. The predicted octanol–water partition coefficient (Wildman–Crippen LogP) is 7.09. The molecule has 0 amide bonds. The standard InChI is InChI=1S/C27H39N3O3S/c1-9-10-13-28-22(19(7)32-8)14-18(6)24-25(29-30-26(24)34)20-11-12-23(21(15-20)16(2)3)33-27(31)17(4)5/h11-12,14-17,28H,9-10,13H2,1-8H3,(H2,29,30,34)/b18-14+,22-19-. The molecule has 0 spiro atoms. The number of esters is 1. The number of nitrogens with one attached hydrogen (secondary N) is 3. The number of ether oxygens (including phenoxy) is 2. The second kappa shape index (κ2) is 12.6. The zero-order valence-corrected chi connectivity index (χ0v) is 22.5. The highest BCUT2D eigenvalue weighted by atomic mass is 32.1. The third kappa shape index (κ3) is 6.86. The second-order valence-electron chi connectivity index (χ2n) is 9.09. The van der Waals surface area contributed by atoms with Crippen LogP contribution >= 0.6 is 12.2 Å². The number of hydrogen-bond acceptors (Lipinski definition) is 5. The van der Waals surface area contributed by atoms with Crippen molar-refractivity contribution in [3.05, 3.63) is 51.5 Å². The molecule has 1 heterocycles. The number of H-pyrrole nitrogens is 2. The first-order chi connectivity index (χ1) is 16.1. The molecule has 0 radical (unpaired) electrons. The summed E-state index contributed by atoms with van der Waals surface area (Å²) in [6.07, 6.45) is 4.27. The molecule has 0 saturated heterocycles. The lowest BCUT2D eigenvalue weighted by Crippen LogP contribution is -2.16. The molecular formula is C27H39N3O3S. The highest BCUT2D eigenvalue weighted by molar-refractivity contribution is 7.71. The number of unbranched alkanes of at least 4 members (excludes halogenated alkanes) is 1. The van der Waals surface area contributed by atoms with Crippen molar-refractivity contribution in [1.29, 1.82) is 0 Å². The van der Waals surface area contributed by atoms with Gasteiger partial charge >= 0.3 is 5.97 Å². The topological polar surface area (TPSA) is 79.1 Å². The van der Waals surface area contributed by atoms with Crippen LogP contribution in [0.5, 0.6) is 5.75 Å². The maximum Gasteiger partial charge on any atom is 0.313 e. The van der Waals surface area contributed by atoms with Gasteiger partial charge in [0, 0.05) is 17.7 Å². The summed E-state index contributed by atoms with van der Waals surface area (Å²) in [7, 11) is 1.68. The molecule has 186 valence electrons. The Balaban J connectivity index is 2.52. The fourth-order valence-electron chi connectivity index (χ4n) is 3.50. The van der Waals surface area contributed by atoms with Gasteiger partial charge in [0.1, 0.15) is 16.1 Å². The Morgan fingerprint density at radius 1 is 1.18 bits per heavy atom. The van der Waals surface area contributed by atoms with Crippen molar-refractivity contribution in [3.8, 4) is 17.0 Å². The van der Waals surface area contributed by atoms with E-state index in [-0.39, 0.29) is 17.8 Å². The maximum absolute atomic E-state index is 12.2. The lowest BCUT2D eigenvalue weighted by molar-refractivity contribution is -0.137. The molecule has 0 unspecified atom stereocenters. The van der Waals surface area contributed by atoms with E-state index in [9.17, 15) is 4.79 Å². The lowest BCUT2D eigenvalue weighted by atomic mass is 9.95. The largest absolute Gasteiger partial charge is 0.499 e. The van der Waals surface area contributed by atoms with Gasteiger partial charge in [-0.05, 0) is 61.6 Å². The van der Waals surface area contributed by atoms with Crippen molar-refractivity contribution < 1.29 is 14.3 Å². The first-order valence-electron chi connectivity index (χ1n) is 11.9. The van der Waals surface area contributed by atoms with Crippen LogP contribution < -0.4 is 10.1 Å². The van der Waals surface area contributed by atoms with Crippen LogP contribution in [0.25, 0.3) is 16.8 Å². The van der Waals surface area contributed by atoms with Crippen molar-refractivity contribution in [2.24, 2.45) is 5.92 Å². The molecule has 0 aliphatic rings. The van der Waals surface area contributed by atoms with E-state index in [1.54, 1.807) is 7.11 Å². The molecule has 2 aromatic rings. The summed E-state index contributed by atoms with van der Waals surface area (Å²) < 4.78 is 11.8. The molecule has 34 heavy (non-hydrogen) atoms. The van der Waals surface area contributed by atoms with Crippen LogP contribution in [0.15, 0.2) is 35.7 Å². The van der Waals surface area contributed by atoms with E-state index in [1.807, 2.05) is 39.8 Å². The summed E-state index contributed by atoms with van der Waals surface area (Å²) in [5, 5.41) is 9.81. The molecule has 3 N–H and O–H groups in total. The van der Waals surface area contributed by atoms with Crippen LogP contribution in [0, 0.1) is 10.6 Å². The summed E-state index contributed by atoms with van der Waals surface area (Å²) in [6.45, 7) is 14.9.